The zero-order valence-corrected chi connectivity index (χ0v) is 12.6. The number of nitrogens with zero attached hydrogens (tertiary/aromatic N) is 1. The van der Waals surface area contributed by atoms with Gasteiger partial charge in [0.25, 0.3) is 0 Å². The minimum absolute atomic E-state index is 0.112. The first-order valence-electron chi connectivity index (χ1n) is 7.57. The maximum atomic E-state index is 12.4. The van der Waals surface area contributed by atoms with E-state index in [9.17, 15) is 4.79 Å². The molecule has 0 N–H and O–H groups in total. The Hall–Kier alpha value is -1.29. The van der Waals surface area contributed by atoms with Crippen molar-refractivity contribution in [3.63, 3.8) is 0 Å². The fraction of sp³-hybridized carbons (Fsp3) is 0.688. The van der Waals surface area contributed by atoms with Crippen LogP contribution in [0.25, 0.3) is 0 Å². The highest BCUT2D eigenvalue weighted by atomic mass is 16.5. The number of carbonyl (C=O) groups is 1. The van der Waals surface area contributed by atoms with Crippen LogP contribution in [0.3, 0.4) is 0 Å². The lowest BCUT2D eigenvalue weighted by Crippen LogP contribution is -2.34. The number of rotatable bonds is 5. The zero-order valence-electron chi connectivity index (χ0n) is 12.6. The van der Waals surface area contributed by atoms with Crippen LogP contribution in [0.4, 0.5) is 0 Å². The Labute approximate surface area is 121 Å². The molecule has 20 heavy (non-hydrogen) atoms. The largest absolute Gasteiger partial charge is 0.464 e. The number of amides is 1. The summed E-state index contributed by atoms with van der Waals surface area (Å²) in [4.78, 5) is 14.5. The van der Waals surface area contributed by atoms with Crippen LogP contribution in [0, 0.1) is 6.92 Å². The molecule has 1 aromatic heterocycles. The fourth-order valence-electron chi connectivity index (χ4n) is 2.85. The molecule has 1 saturated heterocycles. The number of furan rings is 1. The third kappa shape index (κ3) is 3.85. The van der Waals surface area contributed by atoms with Gasteiger partial charge in [0, 0.05) is 26.7 Å². The van der Waals surface area contributed by atoms with Crippen LogP contribution in [0.5, 0.6) is 0 Å². The van der Waals surface area contributed by atoms with Crippen LogP contribution >= 0.6 is 0 Å². The molecule has 4 heteroatoms. The second-order valence-electron chi connectivity index (χ2n) is 5.50. The van der Waals surface area contributed by atoms with Crippen LogP contribution in [0.15, 0.2) is 16.5 Å². The summed E-state index contributed by atoms with van der Waals surface area (Å²) in [5.74, 6) is 2.07. The van der Waals surface area contributed by atoms with Gasteiger partial charge in [-0.15, -0.1) is 0 Å². The molecule has 0 bridgehead atoms. The average molecular weight is 279 g/mol. The summed E-state index contributed by atoms with van der Waals surface area (Å²) in [7, 11) is 1.67. The van der Waals surface area contributed by atoms with Crippen molar-refractivity contribution in [2.45, 2.75) is 51.5 Å². The first-order valence-corrected chi connectivity index (χ1v) is 7.57. The van der Waals surface area contributed by atoms with Crippen molar-refractivity contribution in [1.29, 1.82) is 0 Å². The predicted octanol–water partition coefficient (Wildman–Crippen LogP) is 3.46. The van der Waals surface area contributed by atoms with Gasteiger partial charge in [-0.25, -0.2) is 0 Å². The summed E-state index contributed by atoms with van der Waals surface area (Å²) in [6.45, 7) is 3.44. The maximum Gasteiger partial charge on any atom is 0.223 e. The number of likely N-dealkylation sites (tertiary alicyclic amines) is 1. The van der Waals surface area contributed by atoms with Gasteiger partial charge in [0.1, 0.15) is 11.5 Å². The Morgan fingerprint density at radius 2 is 2.25 bits per heavy atom. The van der Waals surface area contributed by atoms with Crippen LogP contribution in [0.2, 0.25) is 0 Å². The molecule has 0 aliphatic carbocycles. The molecule has 1 amide bonds. The third-order valence-electron chi connectivity index (χ3n) is 3.90. The highest BCUT2D eigenvalue weighted by Gasteiger charge is 2.28. The molecule has 1 aliphatic heterocycles. The van der Waals surface area contributed by atoms with E-state index in [1.54, 1.807) is 7.11 Å². The van der Waals surface area contributed by atoms with E-state index in [2.05, 4.69) is 0 Å². The Bertz CT molecular complexity index is 427. The van der Waals surface area contributed by atoms with Crippen LogP contribution < -0.4 is 0 Å². The van der Waals surface area contributed by atoms with Crippen LogP contribution in [-0.2, 0) is 9.53 Å². The number of methoxy groups -OCH3 is 1. The molecule has 0 spiro atoms. The molecule has 1 atom stereocenters. The molecule has 0 unspecified atom stereocenters. The topological polar surface area (TPSA) is 42.7 Å². The van der Waals surface area contributed by atoms with Gasteiger partial charge in [-0.05, 0) is 38.3 Å². The zero-order chi connectivity index (χ0) is 14.4. The molecule has 112 valence electrons. The van der Waals surface area contributed by atoms with E-state index in [1.807, 2.05) is 24.0 Å². The number of aryl methyl sites for hydroxylation is 1. The fourth-order valence-corrected chi connectivity index (χ4v) is 2.85. The van der Waals surface area contributed by atoms with Gasteiger partial charge >= 0.3 is 0 Å². The van der Waals surface area contributed by atoms with E-state index in [1.165, 1.54) is 6.42 Å². The third-order valence-corrected chi connectivity index (χ3v) is 3.90. The lowest BCUT2D eigenvalue weighted by atomic mass is 10.1. The first kappa shape index (κ1) is 15.1. The van der Waals surface area contributed by atoms with Gasteiger partial charge < -0.3 is 14.1 Å². The molecule has 1 fully saturated rings. The van der Waals surface area contributed by atoms with E-state index in [4.69, 9.17) is 9.15 Å². The molecular formula is C16H25NO3. The van der Waals surface area contributed by atoms with E-state index in [0.717, 1.165) is 43.7 Å². The lowest BCUT2D eigenvalue weighted by molar-refractivity contribution is -0.134. The minimum Gasteiger partial charge on any atom is -0.464 e. The highest BCUT2D eigenvalue weighted by Crippen LogP contribution is 2.31. The number of carbonyl (C=O) groups excluding carboxylic acids is 1. The molecule has 0 aromatic carbocycles. The second kappa shape index (κ2) is 7.48. The summed E-state index contributed by atoms with van der Waals surface area (Å²) in [6.07, 6.45) is 5.79. The maximum absolute atomic E-state index is 12.4. The highest BCUT2D eigenvalue weighted by molar-refractivity contribution is 5.76. The van der Waals surface area contributed by atoms with Crippen molar-refractivity contribution in [2.75, 3.05) is 20.3 Å². The van der Waals surface area contributed by atoms with Crippen molar-refractivity contribution in [3.05, 3.63) is 23.7 Å². The summed E-state index contributed by atoms with van der Waals surface area (Å²) in [5.41, 5.74) is 0. The summed E-state index contributed by atoms with van der Waals surface area (Å²) < 4.78 is 10.8. The van der Waals surface area contributed by atoms with Crippen molar-refractivity contribution in [1.82, 2.24) is 4.90 Å². The van der Waals surface area contributed by atoms with E-state index >= 15 is 0 Å². The SMILES string of the molecule is COCCCC(=O)N1CCCCC[C@H]1c1ccc(C)o1. The molecule has 4 nitrogen and oxygen atoms in total. The monoisotopic (exact) mass is 279 g/mol. The van der Waals surface area contributed by atoms with E-state index in [-0.39, 0.29) is 11.9 Å². The predicted molar refractivity (Wildman–Crippen MR) is 77.5 cm³/mol. The normalized spacial score (nSPS) is 19.9. The van der Waals surface area contributed by atoms with Crippen molar-refractivity contribution < 1.29 is 13.9 Å². The van der Waals surface area contributed by atoms with Crippen molar-refractivity contribution in [2.24, 2.45) is 0 Å². The minimum atomic E-state index is 0.112. The Morgan fingerprint density at radius 1 is 1.40 bits per heavy atom. The van der Waals surface area contributed by atoms with Gasteiger partial charge in [0.2, 0.25) is 5.91 Å². The van der Waals surface area contributed by atoms with Gasteiger partial charge in [0.15, 0.2) is 0 Å². The molecule has 1 aromatic rings. The smallest absolute Gasteiger partial charge is 0.223 e. The quantitative estimate of drug-likeness (QED) is 0.775. The molecule has 0 saturated carbocycles. The Balaban J connectivity index is 2.06. The average Bonchev–Trinajstić information content (AvgIpc) is 2.73. The lowest BCUT2D eigenvalue weighted by Gasteiger charge is -2.28. The van der Waals surface area contributed by atoms with Gasteiger partial charge in [-0.1, -0.05) is 12.8 Å². The summed E-state index contributed by atoms with van der Waals surface area (Å²) >= 11 is 0. The van der Waals surface area contributed by atoms with Gasteiger partial charge in [0.05, 0.1) is 6.04 Å². The molecular weight excluding hydrogens is 254 g/mol. The van der Waals surface area contributed by atoms with Crippen LogP contribution in [-0.4, -0.2) is 31.1 Å². The van der Waals surface area contributed by atoms with Crippen molar-refractivity contribution in [3.8, 4) is 0 Å². The molecule has 0 radical (unpaired) electrons. The van der Waals surface area contributed by atoms with Crippen molar-refractivity contribution >= 4 is 5.91 Å². The first-order chi connectivity index (χ1) is 9.72. The standard InChI is InChI=1S/C16H25NO3/c1-13-9-10-15(20-13)14-7-4-3-5-11-17(14)16(18)8-6-12-19-2/h9-10,14H,3-8,11-12H2,1-2H3/t14-/m0/s1. The number of hydrogen-bond donors (Lipinski definition) is 0. The van der Waals surface area contributed by atoms with Gasteiger partial charge in [-0.3, -0.25) is 4.79 Å². The van der Waals surface area contributed by atoms with E-state index in [0.29, 0.717) is 13.0 Å². The number of hydrogen-bond acceptors (Lipinski definition) is 3. The van der Waals surface area contributed by atoms with Crippen LogP contribution in [0.1, 0.15) is 56.1 Å². The Kier molecular flexibility index (Phi) is 5.65. The Morgan fingerprint density at radius 3 is 2.95 bits per heavy atom. The summed E-state index contributed by atoms with van der Waals surface area (Å²) in [6, 6.07) is 4.11. The molecule has 1 aliphatic rings. The number of ether oxygens (including phenoxy) is 1. The van der Waals surface area contributed by atoms with Gasteiger partial charge in [-0.2, -0.15) is 0 Å². The molecule has 2 heterocycles. The second-order valence-corrected chi connectivity index (χ2v) is 5.50. The van der Waals surface area contributed by atoms with E-state index < -0.39 is 0 Å². The summed E-state index contributed by atoms with van der Waals surface area (Å²) in [5, 5.41) is 0. The molecule has 2 rings (SSSR count).